The van der Waals surface area contributed by atoms with E-state index in [0.29, 0.717) is 6.04 Å². The van der Waals surface area contributed by atoms with Crippen molar-refractivity contribution in [2.45, 2.75) is 39.3 Å². The largest absolute Gasteiger partial charge is 0.477 e. The van der Waals surface area contributed by atoms with Gasteiger partial charge in [-0.05, 0) is 34.3 Å². The average Bonchev–Trinajstić information content (AvgIpc) is 2.08. The van der Waals surface area contributed by atoms with Gasteiger partial charge in [-0.15, -0.1) is 0 Å². The molecule has 0 N–H and O–H groups in total. The predicted molar refractivity (Wildman–Crippen MR) is 46.1 cm³/mol. The van der Waals surface area contributed by atoms with E-state index >= 15 is 0 Å². The fourth-order valence-corrected chi connectivity index (χ4v) is 1.64. The van der Waals surface area contributed by atoms with Crippen molar-refractivity contribution in [2.75, 3.05) is 6.61 Å². The van der Waals surface area contributed by atoms with Crippen molar-refractivity contribution in [3.63, 3.8) is 0 Å². The van der Waals surface area contributed by atoms with E-state index in [4.69, 9.17) is 4.74 Å². The first-order valence-corrected chi connectivity index (χ1v) is 4.04. The molecule has 1 atom stereocenters. The molecule has 0 saturated carbocycles. The molecule has 0 amide bonds. The molecule has 2 heteroatoms. The summed E-state index contributed by atoms with van der Waals surface area (Å²) >= 11 is 0. The van der Waals surface area contributed by atoms with Crippen molar-refractivity contribution in [1.82, 2.24) is 4.90 Å². The summed E-state index contributed by atoms with van der Waals surface area (Å²) in [6.45, 7) is 13.3. The maximum absolute atomic E-state index is 5.34. The third-order valence-electron chi connectivity index (χ3n) is 1.92. The molecule has 0 aliphatic carbocycles. The minimum Gasteiger partial charge on any atom is -0.477 e. The number of ether oxygens (including phenoxy) is 1. The van der Waals surface area contributed by atoms with Crippen LogP contribution in [0.15, 0.2) is 12.5 Å². The summed E-state index contributed by atoms with van der Waals surface area (Å²) in [7, 11) is 0. The van der Waals surface area contributed by atoms with Crippen LogP contribution < -0.4 is 0 Å². The molecule has 0 bridgehead atoms. The lowest BCUT2D eigenvalue weighted by Gasteiger charge is -2.35. The van der Waals surface area contributed by atoms with Crippen LogP contribution in [-0.2, 0) is 4.74 Å². The van der Waals surface area contributed by atoms with Gasteiger partial charge in [0.1, 0.15) is 6.61 Å². The highest BCUT2D eigenvalue weighted by atomic mass is 16.5. The predicted octanol–water partition coefficient (Wildman–Crippen LogP) is 1.98. The molecule has 11 heavy (non-hydrogen) atoms. The van der Waals surface area contributed by atoms with E-state index in [-0.39, 0.29) is 5.54 Å². The molecular formula is C9H17NO. The summed E-state index contributed by atoms with van der Waals surface area (Å²) < 4.78 is 5.34. The summed E-state index contributed by atoms with van der Waals surface area (Å²) in [4.78, 5) is 2.22. The second-order valence-electron chi connectivity index (χ2n) is 4.09. The van der Waals surface area contributed by atoms with Gasteiger partial charge in [0.2, 0.25) is 0 Å². The van der Waals surface area contributed by atoms with Crippen LogP contribution in [0.25, 0.3) is 0 Å². The molecule has 1 saturated heterocycles. The Hall–Kier alpha value is -0.660. The lowest BCUT2D eigenvalue weighted by atomic mass is 10.1. The first kappa shape index (κ1) is 8.44. The van der Waals surface area contributed by atoms with Crippen LogP contribution in [-0.4, -0.2) is 23.1 Å². The Bertz CT molecular complexity index is 169. The fourth-order valence-electron chi connectivity index (χ4n) is 1.64. The van der Waals surface area contributed by atoms with Crippen molar-refractivity contribution in [1.29, 1.82) is 0 Å². The molecule has 1 fully saturated rings. The molecule has 0 aromatic carbocycles. The molecule has 1 heterocycles. The smallest absolute Gasteiger partial charge is 0.182 e. The number of rotatable bonds is 0. The summed E-state index contributed by atoms with van der Waals surface area (Å²) in [5.74, 6) is 0.810. The molecule has 2 nitrogen and oxygen atoms in total. The molecule has 0 aromatic rings. The van der Waals surface area contributed by atoms with Crippen molar-refractivity contribution in [3.05, 3.63) is 12.5 Å². The standard InChI is InChI=1S/C9H17NO/c1-7-6-11-8(2)10(7)9(3,4)5/h7H,2,6H2,1,3-5H3. The van der Waals surface area contributed by atoms with Crippen LogP contribution in [0.5, 0.6) is 0 Å². The molecule has 1 rings (SSSR count). The van der Waals surface area contributed by atoms with Crippen LogP contribution >= 0.6 is 0 Å². The van der Waals surface area contributed by atoms with Crippen LogP contribution in [0.3, 0.4) is 0 Å². The highest BCUT2D eigenvalue weighted by Crippen LogP contribution is 2.27. The van der Waals surface area contributed by atoms with Crippen LogP contribution in [0.2, 0.25) is 0 Å². The minimum absolute atomic E-state index is 0.132. The zero-order valence-electron chi connectivity index (χ0n) is 7.85. The highest BCUT2D eigenvalue weighted by Gasteiger charge is 2.33. The van der Waals surface area contributed by atoms with Crippen LogP contribution in [0.1, 0.15) is 27.7 Å². The molecule has 0 spiro atoms. The molecule has 1 aliphatic rings. The van der Waals surface area contributed by atoms with Gasteiger partial charge in [0.15, 0.2) is 5.88 Å². The Kier molecular flexibility index (Phi) is 1.87. The third kappa shape index (κ3) is 1.50. The quantitative estimate of drug-likeness (QED) is 0.530. The SMILES string of the molecule is C=C1OCC(C)N1C(C)(C)C. The molecule has 64 valence electrons. The van der Waals surface area contributed by atoms with Gasteiger partial charge >= 0.3 is 0 Å². The maximum Gasteiger partial charge on any atom is 0.182 e. The first-order chi connectivity index (χ1) is 4.93. The summed E-state index contributed by atoms with van der Waals surface area (Å²) in [5.41, 5.74) is 0.132. The van der Waals surface area contributed by atoms with E-state index in [0.717, 1.165) is 12.5 Å². The molecular weight excluding hydrogens is 138 g/mol. The Labute approximate surface area is 68.8 Å². The van der Waals surface area contributed by atoms with Crippen molar-refractivity contribution in [2.24, 2.45) is 0 Å². The topological polar surface area (TPSA) is 12.5 Å². The van der Waals surface area contributed by atoms with Gasteiger partial charge in [-0.25, -0.2) is 0 Å². The zero-order chi connectivity index (χ0) is 8.65. The Balaban J connectivity index is 2.77. The lowest BCUT2D eigenvalue weighted by Crippen LogP contribution is -2.42. The van der Waals surface area contributed by atoms with E-state index in [1.807, 2.05) is 0 Å². The monoisotopic (exact) mass is 155 g/mol. The summed E-state index contributed by atoms with van der Waals surface area (Å²) in [5, 5.41) is 0. The third-order valence-corrected chi connectivity index (χ3v) is 1.92. The maximum atomic E-state index is 5.34. The molecule has 0 aromatic heterocycles. The van der Waals surface area contributed by atoms with Gasteiger partial charge in [0.05, 0.1) is 6.04 Å². The van der Waals surface area contributed by atoms with Gasteiger partial charge < -0.3 is 9.64 Å². The second-order valence-corrected chi connectivity index (χ2v) is 4.09. The number of nitrogens with zero attached hydrogens (tertiary/aromatic N) is 1. The summed E-state index contributed by atoms with van der Waals surface area (Å²) in [6.07, 6.45) is 0. The Morgan fingerprint density at radius 2 is 2.09 bits per heavy atom. The molecule has 1 aliphatic heterocycles. The second kappa shape index (κ2) is 2.43. The van der Waals surface area contributed by atoms with Gasteiger partial charge in [-0.3, -0.25) is 0 Å². The Morgan fingerprint density at radius 3 is 2.27 bits per heavy atom. The number of hydrogen-bond donors (Lipinski definition) is 0. The lowest BCUT2D eigenvalue weighted by molar-refractivity contribution is 0.148. The van der Waals surface area contributed by atoms with E-state index < -0.39 is 0 Å². The van der Waals surface area contributed by atoms with Crippen molar-refractivity contribution < 1.29 is 4.74 Å². The fraction of sp³-hybridized carbons (Fsp3) is 0.778. The highest BCUT2D eigenvalue weighted by molar-refractivity contribution is 4.99. The van der Waals surface area contributed by atoms with Gasteiger partial charge in [0.25, 0.3) is 0 Å². The van der Waals surface area contributed by atoms with E-state index in [9.17, 15) is 0 Å². The Morgan fingerprint density at radius 1 is 1.55 bits per heavy atom. The zero-order valence-corrected chi connectivity index (χ0v) is 7.85. The van der Waals surface area contributed by atoms with E-state index in [2.05, 4.69) is 39.2 Å². The molecule has 1 unspecified atom stereocenters. The first-order valence-electron chi connectivity index (χ1n) is 4.04. The van der Waals surface area contributed by atoms with Crippen molar-refractivity contribution in [3.8, 4) is 0 Å². The van der Waals surface area contributed by atoms with Gasteiger partial charge in [-0.1, -0.05) is 0 Å². The van der Waals surface area contributed by atoms with Crippen molar-refractivity contribution >= 4 is 0 Å². The van der Waals surface area contributed by atoms with E-state index in [1.54, 1.807) is 0 Å². The minimum atomic E-state index is 0.132. The van der Waals surface area contributed by atoms with Gasteiger partial charge in [-0.2, -0.15) is 0 Å². The normalized spacial score (nSPS) is 25.6. The van der Waals surface area contributed by atoms with Crippen LogP contribution in [0, 0.1) is 0 Å². The average molecular weight is 155 g/mol. The molecule has 0 radical (unpaired) electrons. The van der Waals surface area contributed by atoms with Gasteiger partial charge in [0, 0.05) is 5.54 Å². The van der Waals surface area contributed by atoms with E-state index in [1.165, 1.54) is 0 Å². The summed E-state index contributed by atoms with van der Waals surface area (Å²) in [6, 6.07) is 0.461. The van der Waals surface area contributed by atoms with Crippen LogP contribution in [0.4, 0.5) is 0 Å². The number of hydrogen-bond acceptors (Lipinski definition) is 2.